The number of pyridine rings is 1. The number of carbonyl (C=O) groups is 1. The number of para-hydroxylation sites is 1. The molecule has 2 rings (SSSR count). The van der Waals surface area contributed by atoms with Crippen LogP contribution < -0.4 is 5.32 Å². The van der Waals surface area contributed by atoms with E-state index in [1.807, 2.05) is 31.2 Å². The van der Waals surface area contributed by atoms with Crippen LogP contribution in [0.5, 0.6) is 0 Å². The average Bonchev–Trinajstić information content (AvgIpc) is 2.28. The highest BCUT2D eigenvalue weighted by Crippen LogP contribution is 2.20. The number of benzene rings is 1. The lowest BCUT2D eigenvalue weighted by molar-refractivity contribution is -0.119. The molecule has 0 bridgehead atoms. The molecule has 1 atom stereocenters. The van der Waals surface area contributed by atoms with Crippen molar-refractivity contribution in [3.05, 3.63) is 41.6 Å². The molecule has 2 aromatic rings. The molecule has 3 nitrogen and oxygen atoms in total. The SMILES string of the molecule is CC(=O)NC(C)c1cc(C)c2ccccc2n1. The van der Waals surface area contributed by atoms with Crippen molar-refractivity contribution in [2.75, 3.05) is 0 Å². The third kappa shape index (κ3) is 2.44. The van der Waals surface area contributed by atoms with Crippen molar-refractivity contribution >= 4 is 16.8 Å². The predicted octanol–water partition coefficient (Wildman–Crippen LogP) is 2.74. The van der Waals surface area contributed by atoms with E-state index in [9.17, 15) is 4.79 Å². The van der Waals surface area contributed by atoms with E-state index < -0.39 is 0 Å². The van der Waals surface area contributed by atoms with Gasteiger partial charge >= 0.3 is 0 Å². The third-order valence-electron chi connectivity index (χ3n) is 2.81. The molecule has 0 saturated heterocycles. The maximum atomic E-state index is 11.0. The topological polar surface area (TPSA) is 42.0 Å². The molecule has 0 spiro atoms. The number of aromatic nitrogens is 1. The Kier molecular flexibility index (Phi) is 3.09. The lowest BCUT2D eigenvalue weighted by Crippen LogP contribution is -2.24. The zero-order chi connectivity index (χ0) is 12.4. The van der Waals surface area contributed by atoms with Gasteiger partial charge in [0.25, 0.3) is 0 Å². The summed E-state index contributed by atoms with van der Waals surface area (Å²) in [6.45, 7) is 5.52. The molecule has 0 radical (unpaired) electrons. The van der Waals surface area contributed by atoms with Gasteiger partial charge in [-0.15, -0.1) is 0 Å². The first-order valence-corrected chi connectivity index (χ1v) is 5.71. The van der Waals surface area contributed by atoms with Crippen molar-refractivity contribution in [3.63, 3.8) is 0 Å². The molecule has 0 aliphatic rings. The number of carbonyl (C=O) groups excluding carboxylic acids is 1. The highest BCUT2D eigenvalue weighted by molar-refractivity contribution is 5.82. The van der Waals surface area contributed by atoms with Gasteiger partial charge in [0.15, 0.2) is 0 Å². The highest BCUT2D eigenvalue weighted by atomic mass is 16.1. The molecule has 3 heteroatoms. The number of fused-ring (bicyclic) bond motifs is 1. The second kappa shape index (κ2) is 4.53. The number of amides is 1. The Hall–Kier alpha value is -1.90. The van der Waals surface area contributed by atoms with Crippen molar-refractivity contribution in [2.24, 2.45) is 0 Å². The quantitative estimate of drug-likeness (QED) is 0.858. The van der Waals surface area contributed by atoms with E-state index in [-0.39, 0.29) is 11.9 Å². The van der Waals surface area contributed by atoms with Crippen LogP contribution in [0.3, 0.4) is 0 Å². The molecule has 1 N–H and O–H groups in total. The molecule has 1 heterocycles. The van der Waals surface area contributed by atoms with Crippen LogP contribution in [-0.2, 0) is 4.79 Å². The van der Waals surface area contributed by atoms with Crippen molar-refractivity contribution in [3.8, 4) is 0 Å². The summed E-state index contributed by atoms with van der Waals surface area (Å²) in [5.41, 5.74) is 3.05. The smallest absolute Gasteiger partial charge is 0.217 e. The van der Waals surface area contributed by atoms with E-state index >= 15 is 0 Å². The van der Waals surface area contributed by atoms with E-state index in [4.69, 9.17) is 0 Å². The largest absolute Gasteiger partial charge is 0.348 e. The van der Waals surface area contributed by atoms with Gasteiger partial charge in [0.2, 0.25) is 5.91 Å². The summed E-state index contributed by atoms with van der Waals surface area (Å²) in [5.74, 6) is -0.0369. The summed E-state index contributed by atoms with van der Waals surface area (Å²) < 4.78 is 0. The van der Waals surface area contributed by atoms with Crippen molar-refractivity contribution in [1.29, 1.82) is 0 Å². The molecule has 0 saturated carbocycles. The normalized spacial score (nSPS) is 12.4. The van der Waals surface area contributed by atoms with Gasteiger partial charge in [0.1, 0.15) is 0 Å². The third-order valence-corrected chi connectivity index (χ3v) is 2.81. The number of rotatable bonds is 2. The molecule has 0 aliphatic heterocycles. The van der Waals surface area contributed by atoms with Crippen LogP contribution in [0.25, 0.3) is 10.9 Å². The van der Waals surface area contributed by atoms with Gasteiger partial charge in [-0.25, -0.2) is 0 Å². The summed E-state index contributed by atoms with van der Waals surface area (Å²) in [6, 6.07) is 10.0. The number of nitrogens with zero attached hydrogens (tertiary/aromatic N) is 1. The van der Waals surface area contributed by atoms with E-state index in [0.29, 0.717) is 0 Å². The second-order valence-electron chi connectivity index (χ2n) is 4.30. The number of nitrogens with one attached hydrogen (secondary N) is 1. The Morgan fingerprint density at radius 3 is 2.76 bits per heavy atom. The van der Waals surface area contributed by atoms with Crippen LogP contribution in [0.15, 0.2) is 30.3 Å². The van der Waals surface area contributed by atoms with Gasteiger partial charge in [-0.05, 0) is 31.5 Å². The van der Waals surface area contributed by atoms with Crippen LogP contribution in [0.4, 0.5) is 0 Å². The van der Waals surface area contributed by atoms with Crippen LogP contribution in [0.2, 0.25) is 0 Å². The molecule has 0 aliphatic carbocycles. The van der Waals surface area contributed by atoms with Crippen molar-refractivity contribution in [2.45, 2.75) is 26.8 Å². The fourth-order valence-electron chi connectivity index (χ4n) is 1.98. The van der Waals surface area contributed by atoms with E-state index in [1.54, 1.807) is 0 Å². The predicted molar refractivity (Wildman–Crippen MR) is 68.7 cm³/mol. The van der Waals surface area contributed by atoms with Crippen LogP contribution >= 0.6 is 0 Å². The molecule has 88 valence electrons. The standard InChI is InChI=1S/C14H16N2O/c1-9-8-14(10(2)15-11(3)17)16-13-7-5-4-6-12(9)13/h4-8,10H,1-3H3,(H,15,17). The summed E-state index contributed by atoms with van der Waals surface area (Å²) in [5, 5.41) is 4.01. The summed E-state index contributed by atoms with van der Waals surface area (Å²) in [4.78, 5) is 15.6. The lowest BCUT2D eigenvalue weighted by atomic mass is 10.1. The molecule has 1 amide bonds. The molecule has 0 fully saturated rings. The molecular formula is C14H16N2O. The molecule has 17 heavy (non-hydrogen) atoms. The summed E-state index contributed by atoms with van der Waals surface area (Å²) >= 11 is 0. The maximum absolute atomic E-state index is 11.0. The van der Waals surface area contributed by atoms with Crippen LogP contribution in [-0.4, -0.2) is 10.9 Å². The van der Waals surface area contributed by atoms with Crippen molar-refractivity contribution in [1.82, 2.24) is 10.3 Å². The molecule has 1 unspecified atom stereocenters. The Morgan fingerprint density at radius 2 is 2.06 bits per heavy atom. The van der Waals surface area contributed by atoms with E-state index in [0.717, 1.165) is 16.6 Å². The van der Waals surface area contributed by atoms with Gasteiger partial charge in [-0.3, -0.25) is 9.78 Å². The van der Waals surface area contributed by atoms with Crippen LogP contribution in [0.1, 0.15) is 31.1 Å². The zero-order valence-corrected chi connectivity index (χ0v) is 10.3. The average molecular weight is 228 g/mol. The van der Waals surface area contributed by atoms with Gasteiger partial charge in [-0.1, -0.05) is 18.2 Å². The van der Waals surface area contributed by atoms with E-state index in [1.165, 1.54) is 12.5 Å². The monoisotopic (exact) mass is 228 g/mol. The first-order valence-electron chi connectivity index (χ1n) is 5.71. The number of hydrogen-bond acceptors (Lipinski definition) is 2. The first kappa shape index (κ1) is 11.6. The Morgan fingerprint density at radius 1 is 1.35 bits per heavy atom. The molecular weight excluding hydrogens is 212 g/mol. The Labute approximate surface area is 101 Å². The Balaban J connectivity index is 2.46. The summed E-state index contributed by atoms with van der Waals surface area (Å²) in [6.07, 6.45) is 0. The van der Waals surface area contributed by atoms with Crippen molar-refractivity contribution < 1.29 is 4.79 Å². The lowest BCUT2D eigenvalue weighted by Gasteiger charge is -2.13. The zero-order valence-electron chi connectivity index (χ0n) is 10.3. The van der Waals surface area contributed by atoms with Crippen LogP contribution in [0, 0.1) is 6.92 Å². The molecule has 1 aromatic heterocycles. The molecule has 1 aromatic carbocycles. The highest BCUT2D eigenvalue weighted by Gasteiger charge is 2.10. The fourth-order valence-corrected chi connectivity index (χ4v) is 1.98. The second-order valence-corrected chi connectivity index (χ2v) is 4.30. The van der Waals surface area contributed by atoms with Gasteiger partial charge in [-0.2, -0.15) is 0 Å². The minimum atomic E-state index is -0.0594. The number of hydrogen-bond donors (Lipinski definition) is 1. The summed E-state index contributed by atoms with van der Waals surface area (Å²) in [7, 11) is 0. The van der Waals surface area contributed by atoms with Gasteiger partial charge < -0.3 is 5.32 Å². The minimum Gasteiger partial charge on any atom is -0.348 e. The van der Waals surface area contributed by atoms with E-state index in [2.05, 4.69) is 23.3 Å². The minimum absolute atomic E-state index is 0.0369. The van der Waals surface area contributed by atoms with Gasteiger partial charge in [0.05, 0.1) is 17.3 Å². The first-order chi connectivity index (χ1) is 8.08. The Bertz CT molecular complexity index is 563. The maximum Gasteiger partial charge on any atom is 0.217 e. The number of aryl methyl sites for hydroxylation is 1. The van der Waals surface area contributed by atoms with Gasteiger partial charge in [0, 0.05) is 12.3 Å². The fraction of sp³-hybridized carbons (Fsp3) is 0.286.